The third-order valence-corrected chi connectivity index (χ3v) is 4.71. The second-order valence-corrected chi connectivity index (χ2v) is 6.61. The van der Waals surface area contributed by atoms with Gasteiger partial charge in [0.1, 0.15) is 5.82 Å². The number of hydrogen-bond acceptors (Lipinski definition) is 5. The predicted octanol–water partition coefficient (Wildman–Crippen LogP) is 2.98. The van der Waals surface area contributed by atoms with Crippen molar-refractivity contribution in [1.29, 1.82) is 0 Å². The van der Waals surface area contributed by atoms with Gasteiger partial charge < -0.3 is 4.90 Å². The minimum absolute atomic E-state index is 0.610. The molecular weight excluding hydrogens is 280 g/mol. The van der Waals surface area contributed by atoms with Gasteiger partial charge in [0.05, 0.1) is 11.2 Å². The average molecular weight is 302 g/mol. The van der Waals surface area contributed by atoms with Crippen LogP contribution in [0, 0.1) is 0 Å². The molecule has 3 heterocycles. The van der Waals surface area contributed by atoms with Gasteiger partial charge >= 0.3 is 0 Å². The van der Waals surface area contributed by atoms with Crippen LogP contribution in [-0.4, -0.2) is 42.1 Å². The Balaban J connectivity index is 1.69. The second kappa shape index (κ2) is 6.54. The predicted molar refractivity (Wildman–Crippen MR) is 87.9 cm³/mol. The Morgan fingerprint density at radius 2 is 2.29 bits per heavy atom. The van der Waals surface area contributed by atoms with Crippen molar-refractivity contribution in [2.75, 3.05) is 32.1 Å². The van der Waals surface area contributed by atoms with Crippen LogP contribution in [0.25, 0.3) is 0 Å². The van der Waals surface area contributed by atoms with Gasteiger partial charge in [0.25, 0.3) is 0 Å². The fraction of sp³-hybridized carbons (Fsp3) is 0.500. The number of thiazole rings is 1. The van der Waals surface area contributed by atoms with Gasteiger partial charge in [0.2, 0.25) is 0 Å². The Kier molecular flexibility index (Phi) is 4.51. The number of rotatable bonds is 4. The minimum Gasteiger partial charge on any atom is -0.363 e. The van der Waals surface area contributed by atoms with Crippen molar-refractivity contribution in [2.24, 2.45) is 0 Å². The Bertz CT molecular complexity index is 567. The van der Waals surface area contributed by atoms with Gasteiger partial charge in [0, 0.05) is 38.8 Å². The van der Waals surface area contributed by atoms with E-state index in [4.69, 9.17) is 0 Å². The molecule has 5 heteroatoms. The maximum Gasteiger partial charge on any atom is 0.128 e. The van der Waals surface area contributed by atoms with Crippen LogP contribution in [0.1, 0.15) is 30.0 Å². The highest BCUT2D eigenvalue weighted by molar-refractivity contribution is 7.07. The third kappa shape index (κ3) is 3.60. The number of hydrogen-bond donors (Lipinski definition) is 0. The first-order chi connectivity index (χ1) is 10.2. The SMILES string of the molecule is CN(C)c1cc([C@H]2CCCN(Cc3cscn3)C2)ccn1. The van der Waals surface area contributed by atoms with Gasteiger partial charge in [-0.15, -0.1) is 11.3 Å². The Morgan fingerprint density at radius 3 is 3.05 bits per heavy atom. The van der Waals surface area contributed by atoms with Crippen LogP contribution in [0.2, 0.25) is 0 Å². The summed E-state index contributed by atoms with van der Waals surface area (Å²) in [7, 11) is 4.09. The molecule has 0 radical (unpaired) electrons. The summed E-state index contributed by atoms with van der Waals surface area (Å²) in [6.07, 6.45) is 4.46. The molecule has 0 bridgehead atoms. The maximum atomic E-state index is 4.42. The van der Waals surface area contributed by atoms with Gasteiger partial charge in [-0.25, -0.2) is 9.97 Å². The lowest BCUT2D eigenvalue weighted by atomic mass is 9.91. The summed E-state index contributed by atoms with van der Waals surface area (Å²) >= 11 is 1.68. The molecule has 21 heavy (non-hydrogen) atoms. The molecule has 0 aromatic carbocycles. The van der Waals surface area contributed by atoms with Gasteiger partial charge in [-0.2, -0.15) is 0 Å². The molecule has 112 valence electrons. The zero-order valence-corrected chi connectivity index (χ0v) is 13.5. The highest BCUT2D eigenvalue weighted by Gasteiger charge is 2.22. The van der Waals surface area contributed by atoms with Crippen LogP contribution < -0.4 is 4.90 Å². The van der Waals surface area contributed by atoms with Gasteiger partial charge in [-0.05, 0) is 43.0 Å². The molecule has 1 saturated heterocycles. The fourth-order valence-corrected chi connectivity index (χ4v) is 3.50. The lowest BCUT2D eigenvalue weighted by Crippen LogP contribution is -2.34. The minimum atomic E-state index is 0.610. The number of likely N-dealkylation sites (tertiary alicyclic amines) is 1. The van der Waals surface area contributed by atoms with Crippen molar-refractivity contribution in [3.8, 4) is 0 Å². The van der Waals surface area contributed by atoms with Gasteiger partial charge in [-0.1, -0.05) is 0 Å². The van der Waals surface area contributed by atoms with Crippen molar-refractivity contribution in [3.05, 3.63) is 40.5 Å². The molecule has 0 amide bonds. The molecule has 0 spiro atoms. The molecule has 1 atom stereocenters. The van der Waals surface area contributed by atoms with Crippen molar-refractivity contribution in [1.82, 2.24) is 14.9 Å². The lowest BCUT2D eigenvalue weighted by Gasteiger charge is -2.32. The first kappa shape index (κ1) is 14.5. The maximum absolute atomic E-state index is 4.42. The van der Waals surface area contributed by atoms with E-state index in [1.807, 2.05) is 25.8 Å². The van der Waals surface area contributed by atoms with E-state index in [9.17, 15) is 0 Å². The topological polar surface area (TPSA) is 32.3 Å². The van der Waals surface area contributed by atoms with E-state index in [0.29, 0.717) is 5.92 Å². The van der Waals surface area contributed by atoms with E-state index in [1.165, 1.54) is 30.6 Å². The average Bonchev–Trinajstić information content (AvgIpc) is 3.00. The Labute approximate surface area is 130 Å². The molecule has 2 aromatic rings. The Morgan fingerprint density at radius 1 is 1.38 bits per heavy atom. The summed E-state index contributed by atoms with van der Waals surface area (Å²) < 4.78 is 0. The third-order valence-electron chi connectivity index (χ3n) is 4.07. The molecule has 0 aliphatic carbocycles. The fourth-order valence-electron chi connectivity index (χ4n) is 2.95. The molecule has 0 N–H and O–H groups in total. The zero-order valence-electron chi connectivity index (χ0n) is 12.7. The summed E-state index contributed by atoms with van der Waals surface area (Å²) in [5.41, 5.74) is 4.53. The highest BCUT2D eigenvalue weighted by atomic mass is 32.1. The van der Waals surface area contributed by atoms with Crippen LogP contribution in [0.3, 0.4) is 0 Å². The zero-order chi connectivity index (χ0) is 14.7. The normalized spacial score (nSPS) is 19.6. The lowest BCUT2D eigenvalue weighted by molar-refractivity contribution is 0.198. The molecule has 1 aliphatic rings. The van der Waals surface area contributed by atoms with Crippen LogP contribution >= 0.6 is 11.3 Å². The molecule has 2 aromatic heterocycles. The number of aromatic nitrogens is 2. The van der Waals surface area contributed by atoms with Gasteiger partial charge in [0.15, 0.2) is 0 Å². The number of anilines is 1. The second-order valence-electron chi connectivity index (χ2n) is 5.90. The van der Waals surface area contributed by atoms with Crippen LogP contribution in [-0.2, 0) is 6.54 Å². The monoisotopic (exact) mass is 302 g/mol. The van der Waals surface area contributed by atoms with Crippen molar-refractivity contribution in [2.45, 2.75) is 25.3 Å². The smallest absolute Gasteiger partial charge is 0.128 e. The van der Waals surface area contributed by atoms with Crippen LogP contribution in [0.4, 0.5) is 5.82 Å². The quantitative estimate of drug-likeness (QED) is 0.869. The van der Waals surface area contributed by atoms with E-state index in [2.05, 4.69) is 37.3 Å². The van der Waals surface area contributed by atoms with E-state index in [1.54, 1.807) is 11.3 Å². The van der Waals surface area contributed by atoms with Crippen molar-refractivity contribution >= 4 is 17.2 Å². The van der Waals surface area contributed by atoms with Crippen molar-refractivity contribution in [3.63, 3.8) is 0 Å². The van der Waals surface area contributed by atoms with Crippen molar-refractivity contribution < 1.29 is 0 Å². The van der Waals surface area contributed by atoms with Crippen LogP contribution in [0.5, 0.6) is 0 Å². The Hall–Kier alpha value is -1.46. The molecule has 1 fully saturated rings. The summed E-state index contributed by atoms with van der Waals surface area (Å²) in [6.45, 7) is 3.28. The molecule has 0 unspecified atom stereocenters. The first-order valence-electron chi connectivity index (χ1n) is 7.45. The van der Waals surface area contributed by atoms with E-state index < -0.39 is 0 Å². The summed E-state index contributed by atoms with van der Waals surface area (Å²) in [5.74, 6) is 1.66. The number of pyridine rings is 1. The first-order valence-corrected chi connectivity index (χ1v) is 8.39. The molecule has 4 nitrogen and oxygen atoms in total. The number of piperidine rings is 1. The largest absolute Gasteiger partial charge is 0.363 e. The highest BCUT2D eigenvalue weighted by Crippen LogP contribution is 2.28. The van der Waals surface area contributed by atoms with Crippen LogP contribution in [0.15, 0.2) is 29.2 Å². The standard InChI is InChI=1S/C16H22N4S/c1-19(2)16-8-13(5-6-17-16)14-4-3-7-20(9-14)10-15-11-21-12-18-15/h5-6,8,11-12,14H,3-4,7,9-10H2,1-2H3/t14-/m0/s1. The summed E-state index contributed by atoms with van der Waals surface area (Å²) in [5, 5.41) is 2.15. The molecule has 1 aliphatic heterocycles. The number of nitrogens with zero attached hydrogens (tertiary/aromatic N) is 4. The van der Waals surface area contributed by atoms with E-state index in [-0.39, 0.29) is 0 Å². The molecule has 3 rings (SSSR count). The van der Waals surface area contributed by atoms with E-state index >= 15 is 0 Å². The summed E-state index contributed by atoms with van der Waals surface area (Å²) in [6, 6.07) is 4.40. The van der Waals surface area contributed by atoms with Gasteiger partial charge in [-0.3, -0.25) is 4.90 Å². The summed E-state index contributed by atoms with van der Waals surface area (Å²) in [4.78, 5) is 13.4. The molecular formula is C16H22N4S. The van der Waals surface area contributed by atoms with E-state index in [0.717, 1.165) is 18.9 Å². The molecule has 0 saturated carbocycles.